The zero-order valence-corrected chi connectivity index (χ0v) is 17.2. The van der Waals surface area contributed by atoms with E-state index in [4.69, 9.17) is 4.74 Å². The van der Waals surface area contributed by atoms with Gasteiger partial charge in [-0.3, -0.25) is 4.79 Å². The van der Waals surface area contributed by atoms with Gasteiger partial charge in [-0.1, -0.05) is 12.1 Å². The van der Waals surface area contributed by atoms with Gasteiger partial charge in [-0.25, -0.2) is 0 Å². The van der Waals surface area contributed by atoms with Crippen LogP contribution in [0.1, 0.15) is 28.8 Å². The molecule has 0 aromatic heterocycles. The number of ether oxygens (including phenoxy) is 1. The monoisotopic (exact) mass is 384 g/mol. The quantitative estimate of drug-likeness (QED) is 0.667. The van der Waals surface area contributed by atoms with Crippen molar-refractivity contribution >= 4 is 23.4 Å². The van der Waals surface area contributed by atoms with Crippen molar-refractivity contribution in [2.75, 3.05) is 38.4 Å². The van der Waals surface area contributed by atoms with Crippen molar-refractivity contribution in [3.05, 3.63) is 59.7 Å². The lowest BCUT2D eigenvalue weighted by atomic mass is 10.1. The van der Waals surface area contributed by atoms with Crippen LogP contribution in [0, 0.1) is 0 Å². The summed E-state index contributed by atoms with van der Waals surface area (Å²) in [4.78, 5) is 18.3. The van der Waals surface area contributed by atoms with E-state index in [1.54, 1.807) is 11.8 Å². The SMILES string of the molecule is CSc1ccc(C(=O)N(Cc2ccc(N(C)C)cc2)CC2CCCO2)cc1. The fraction of sp³-hybridized carbons (Fsp3) is 0.409. The van der Waals surface area contributed by atoms with E-state index in [-0.39, 0.29) is 12.0 Å². The molecule has 0 bridgehead atoms. The van der Waals surface area contributed by atoms with Crippen LogP contribution >= 0.6 is 11.8 Å². The summed E-state index contributed by atoms with van der Waals surface area (Å²) in [7, 11) is 4.06. The molecule has 2 aromatic carbocycles. The summed E-state index contributed by atoms with van der Waals surface area (Å²) >= 11 is 1.68. The molecule has 1 atom stereocenters. The number of carbonyl (C=O) groups excluding carboxylic acids is 1. The number of benzene rings is 2. The Morgan fingerprint density at radius 2 is 1.81 bits per heavy atom. The van der Waals surface area contributed by atoms with Crippen molar-refractivity contribution in [1.82, 2.24) is 4.90 Å². The maximum Gasteiger partial charge on any atom is 0.254 e. The molecule has 1 saturated heterocycles. The average Bonchev–Trinajstić information content (AvgIpc) is 3.20. The van der Waals surface area contributed by atoms with Crippen LogP contribution in [0.4, 0.5) is 5.69 Å². The molecule has 4 nitrogen and oxygen atoms in total. The molecule has 1 aliphatic rings. The van der Waals surface area contributed by atoms with Gasteiger partial charge in [0.1, 0.15) is 0 Å². The van der Waals surface area contributed by atoms with Crippen LogP contribution in [-0.2, 0) is 11.3 Å². The van der Waals surface area contributed by atoms with Gasteiger partial charge in [0.2, 0.25) is 0 Å². The molecule has 0 saturated carbocycles. The number of amides is 1. The van der Waals surface area contributed by atoms with Gasteiger partial charge >= 0.3 is 0 Å². The van der Waals surface area contributed by atoms with Gasteiger partial charge in [0, 0.05) is 49.9 Å². The zero-order chi connectivity index (χ0) is 19.2. The maximum atomic E-state index is 13.2. The number of nitrogens with zero attached hydrogens (tertiary/aromatic N) is 2. The van der Waals surface area contributed by atoms with Crippen molar-refractivity contribution in [2.45, 2.75) is 30.4 Å². The second kappa shape index (κ2) is 9.29. The fourth-order valence-electron chi connectivity index (χ4n) is 3.29. The van der Waals surface area contributed by atoms with E-state index in [0.29, 0.717) is 13.1 Å². The lowest BCUT2D eigenvalue weighted by molar-refractivity contribution is 0.0507. The van der Waals surface area contributed by atoms with Crippen LogP contribution in [0.5, 0.6) is 0 Å². The molecule has 0 N–H and O–H groups in total. The minimum atomic E-state index is 0.0647. The van der Waals surface area contributed by atoms with Crippen LogP contribution in [0.25, 0.3) is 0 Å². The Balaban J connectivity index is 1.77. The van der Waals surface area contributed by atoms with Crippen molar-refractivity contribution in [3.63, 3.8) is 0 Å². The van der Waals surface area contributed by atoms with Gasteiger partial charge < -0.3 is 14.5 Å². The van der Waals surface area contributed by atoms with Crippen LogP contribution in [0.2, 0.25) is 0 Å². The number of hydrogen-bond donors (Lipinski definition) is 0. The first-order valence-corrected chi connectivity index (χ1v) is 10.6. The summed E-state index contributed by atoms with van der Waals surface area (Å²) in [5.41, 5.74) is 3.02. The molecule has 0 aliphatic carbocycles. The molecule has 1 heterocycles. The number of thioether (sulfide) groups is 1. The molecule has 1 aliphatic heterocycles. The molecule has 1 amide bonds. The van der Waals surface area contributed by atoms with Crippen molar-refractivity contribution in [3.8, 4) is 0 Å². The minimum Gasteiger partial charge on any atom is -0.378 e. The predicted octanol–water partition coefficient (Wildman–Crippen LogP) is 4.30. The van der Waals surface area contributed by atoms with Gasteiger partial charge in [0.25, 0.3) is 5.91 Å². The molecular weight excluding hydrogens is 356 g/mol. The maximum absolute atomic E-state index is 13.2. The van der Waals surface area contributed by atoms with E-state index in [0.717, 1.165) is 41.2 Å². The zero-order valence-electron chi connectivity index (χ0n) is 16.4. The lowest BCUT2D eigenvalue weighted by Gasteiger charge is -2.26. The smallest absolute Gasteiger partial charge is 0.254 e. The lowest BCUT2D eigenvalue weighted by Crippen LogP contribution is -2.37. The highest BCUT2D eigenvalue weighted by Crippen LogP contribution is 2.20. The molecular formula is C22H28N2O2S. The van der Waals surface area contributed by atoms with Crippen molar-refractivity contribution in [2.24, 2.45) is 0 Å². The molecule has 27 heavy (non-hydrogen) atoms. The molecule has 0 radical (unpaired) electrons. The Morgan fingerprint density at radius 3 is 2.37 bits per heavy atom. The Kier molecular flexibility index (Phi) is 6.80. The summed E-state index contributed by atoms with van der Waals surface area (Å²) in [5.74, 6) is 0.0647. The van der Waals surface area contributed by atoms with Crippen LogP contribution in [0.15, 0.2) is 53.4 Å². The van der Waals surface area contributed by atoms with Crippen LogP contribution in [-0.4, -0.2) is 50.4 Å². The number of rotatable bonds is 7. The van der Waals surface area contributed by atoms with Gasteiger partial charge in [-0.05, 0) is 61.1 Å². The van der Waals surface area contributed by atoms with Gasteiger partial charge in [0.15, 0.2) is 0 Å². The van der Waals surface area contributed by atoms with Crippen molar-refractivity contribution in [1.29, 1.82) is 0 Å². The first-order valence-electron chi connectivity index (χ1n) is 9.38. The Hall–Kier alpha value is -1.98. The Bertz CT molecular complexity index is 738. The number of anilines is 1. The topological polar surface area (TPSA) is 32.8 Å². The highest BCUT2D eigenvalue weighted by Gasteiger charge is 2.23. The number of hydrogen-bond acceptors (Lipinski definition) is 4. The summed E-state index contributed by atoms with van der Waals surface area (Å²) in [5, 5.41) is 0. The fourth-order valence-corrected chi connectivity index (χ4v) is 3.70. The highest BCUT2D eigenvalue weighted by atomic mass is 32.2. The Morgan fingerprint density at radius 1 is 1.11 bits per heavy atom. The second-order valence-corrected chi connectivity index (χ2v) is 7.99. The third-order valence-electron chi connectivity index (χ3n) is 4.90. The molecule has 2 aromatic rings. The number of carbonyl (C=O) groups is 1. The summed E-state index contributed by atoms with van der Waals surface area (Å²) in [6.07, 6.45) is 4.28. The van der Waals surface area contributed by atoms with Gasteiger partial charge in [0.05, 0.1) is 6.10 Å². The first-order chi connectivity index (χ1) is 13.1. The van der Waals surface area contributed by atoms with Crippen LogP contribution < -0.4 is 4.90 Å². The Labute approximate surface area is 166 Å². The molecule has 3 rings (SSSR count). The van der Waals surface area contributed by atoms with E-state index in [1.165, 1.54) is 0 Å². The average molecular weight is 385 g/mol. The second-order valence-electron chi connectivity index (χ2n) is 7.11. The summed E-state index contributed by atoms with van der Waals surface area (Å²) in [6, 6.07) is 16.2. The van der Waals surface area contributed by atoms with E-state index < -0.39 is 0 Å². The first kappa shape index (κ1) is 19.8. The molecule has 144 valence electrons. The standard InChI is InChI=1S/C22H28N2O2S/c1-23(2)19-10-6-17(7-11-19)15-24(16-20-5-4-14-26-20)22(25)18-8-12-21(27-3)13-9-18/h6-13,20H,4-5,14-16H2,1-3H3. The summed E-state index contributed by atoms with van der Waals surface area (Å²) < 4.78 is 5.79. The normalized spacial score (nSPS) is 16.3. The van der Waals surface area contributed by atoms with E-state index >= 15 is 0 Å². The minimum absolute atomic E-state index is 0.0647. The molecule has 1 fully saturated rings. The van der Waals surface area contributed by atoms with Crippen LogP contribution in [0.3, 0.4) is 0 Å². The third-order valence-corrected chi connectivity index (χ3v) is 5.64. The molecule has 1 unspecified atom stereocenters. The van der Waals surface area contributed by atoms with Gasteiger partial charge in [-0.2, -0.15) is 0 Å². The van der Waals surface area contributed by atoms with Crippen molar-refractivity contribution < 1.29 is 9.53 Å². The predicted molar refractivity (Wildman–Crippen MR) is 113 cm³/mol. The molecule has 0 spiro atoms. The van der Waals surface area contributed by atoms with E-state index in [9.17, 15) is 4.79 Å². The molecule has 5 heteroatoms. The summed E-state index contributed by atoms with van der Waals surface area (Å²) in [6.45, 7) is 2.03. The van der Waals surface area contributed by atoms with Gasteiger partial charge in [-0.15, -0.1) is 11.8 Å². The van der Waals surface area contributed by atoms with E-state index in [2.05, 4.69) is 29.2 Å². The largest absolute Gasteiger partial charge is 0.378 e. The van der Waals surface area contributed by atoms with E-state index in [1.807, 2.05) is 49.5 Å². The third kappa shape index (κ3) is 5.27. The highest BCUT2D eigenvalue weighted by molar-refractivity contribution is 7.98.